The normalized spacial score (nSPS) is 10.5. The largest absolute Gasteiger partial charge is 0.382 e. The summed E-state index contributed by atoms with van der Waals surface area (Å²) in [5, 5.41) is 1.10. The predicted molar refractivity (Wildman–Crippen MR) is 70.9 cm³/mol. The first-order valence-electron chi connectivity index (χ1n) is 5.67. The van der Waals surface area contributed by atoms with Gasteiger partial charge in [-0.05, 0) is 31.0 Å². The van der Waals surface area contributed by atoms with E-state index in [0.717, 1.165) is 12.0 Å². The minimum absolute atomic E-state index is 0.139. The van der Waals surface area contributed by atoms with E-state index in [1.165, 1.54) is 0 Å². The smallest absolute Gasteiger partial charge is 0.137 e. The van der Waals surface area contributed by atoms with Crippen molar-refractivity contribution in [1.82, 2.24) is 0 Å². The van der Waals surface area contributed by atoms with Gasteiger partial charge < -0.3 is 4.74 Å². The van der Waals surface area contributed by atoms with E-state index in [0.29, 0.717) is 36.1 Å². The first-order chi connectivity index (χ1) is 8.15. The Morgan fingerprint density at radius 1 is 1.29 bits per heavy atom. The van der Waals surface area contributed by atoms with Crippen LogP contribution in [0.3, 0.4) is 0 Å². The Bertz CT molecular complexity index is 357. The third-order valence-electron chi connectivity index (χ3n) is 2.38. The molecule has 0 spiro atoms. The number of halogens is 2. The molecule has 1 aromatic carbocycles. The summed E-state index contributed by atoms with van der Waals surface area (Å²) in [7, 11) is 0. The minimum atomic E-state index is 0.139. The van der Waals surface area contributed by atoms with Crippen molar-refractivity contribution in [2.24, 2.45) is 0 Å². The molecule has 0 aliphatic carbocycles. The molecule has 0 unspecified atom stereocenters. The number of rotatable bonds is 7. The Morgan fingerprint density at radius 2 is 1.94 bits per heavy atom. The topological polar surface area (TPSA) is 26.3 Å². The highest BCUT2D eigenvalue weighted by molar-refractivity contribution is 6.36. The average molecular weight is 275 g/mol. The van der Waals surface area contributed by atoms with Crippen LogP contribution in [0.4, 0.5) is 0 Å². The molecule has 0 amide bonds. The van der Waals surface area contributed by atoms with Crippen LogP contribution >= 0.6 is 23.2 Å². The van der Waals surface area contributed by atoms with Crippen molar-refractivity contribution < 1.29 is 9.53 Å². The molecular formula is C13H16Cl2O2. The SMILES string of the molecule is CCOCCCC(=O)Cc1c(Cl)cccc1Cl. The lowest BCUT2D eigenvalue weighted by molar-refractivity contribution is -0.118. The lowest BCUT2D eigenvalue weighted by atomic mass is 10.1. The molecule has 0 heterocycles. The number of carbonyl (C=O) groups is 1. The van der Waals surface area contributed by atoms with Gasteiger partial charge in [-0.3, -0.25) is 4.79 Å². The van der Waals surface area contributed by atoms with E-state index in [4.69, 9.17) is 27.9 Å². The lowest BCUT2D eigenvalue weighted by Crippen LogP contribution is -2.05. The van der Waals surface area contributed by atoms with Crippen LogP contribution in [-0.4, -0.2) is 19.0 Å². The number of carbonyl (C=O) groups excluding carboxylic acids is 1. The molecular weight excluding hydrogens is 259 g/mol. The minimum Gasteiger partial charge on any atom is -0.382 e. The van der Waals surface area contributed by atoms with E-state index >= 15 is 0 Å². The number of benzene rings is 1. The zero-order valence-electron chi connectivity index (χ0n) is 9.84. The van der Waals surface area contributed by atoms with Crippen molar-refractivity contribution in [1.29, 1.82) is 0 Å². The van der Waals surface area contributed by atoms with E-state index in [-0.39, 0.29) is 5.78 Å². The fourth-order valence-electron chi connectivity index (χ4n) is 1.50. The van der Waals surface area contributed by atoms with Gasteiger partial charge in [0, 0.05) is 36.1 Å². The Hall–Kier alpha value is -0.570. The van der Waals surface area contributed by atoms with Crippen molar-refractivity contribution in [3.63, 3.8) is 0 Å². The second kappa shape index (κ2) is 7.70. The van der Waals surface area contributed by atoms with E-state index < -0.39 is 0 Å². The van der Waals surface area contributed by atoms with Gasteiger partial charge in [-0.15, -0.1) is 0 Å². The van der Waals surface area contributed by atoms with Gasteiger partial charge in [0.05, 0.1) is 0 Å². The molecule has 1 aromatic rings. The Morgan fingerprint density at radius 3 is 2.53 bits per heavy atom. The standard InChI is InChI=1S/C13H16Cl2O2/c1-2-17-8-4-5-10(16)9-11-12(14)6-3-7-13(11)15/h3,6-7H,2,4-5,8-9H2,1H3. The van der Waals surface area contributed by atoms with Crippen LogP contribution in [0.25, 0.3) is 0 Å². The molecule has 0 saturated heterocycles. The number of hydrogen-bond donors (Lipinski definition) is 0. The summed E-state index contributed by atoms with van der Waals surface area (Å²) in [5.74, 6) is 0.139. The van der Waals surface area contributed by atoms with Crippen molar-refractivity contribution in [3.8, 4) is 0 Å². The molecule has 17 heavy (non-hydrogen) atoms. The van der Waals surface area contributed by atoms with Gasteiger partial charge in [0.15, 0.2) is 0 Å². The molecule has 1 rings (SSSR count). The predicted octanol–water partition coefficient (Wildman–Crippen LogP) is 3.92. The maximum absolute atomic E-state index is 11.7. The molecule has 2 nitrogen and oxygen atoms in total. The van der Waals surface area contributed by atoms with Crippen molar-refractivity contribution in [2.45, 2.75) is 26.2 Å². The summed E-state index contributed by atoms with van der Waals surface area (Å²) in [6, 6.07) is 5.26. The van der Waals surface area contributed by atoms with Gasteiger partial charge >= 0.3 is 0 Å². The molecule has 0 N–H and O–H groups in total. The highest BCUT2D eigenvalue weighted by Crippen LogP contribution is 2.25. The second-order valence-corrected chi connectivity index (χ2v) is 4.53. The van der Waals surface area contributed by atoms with Crippen LogP contribution in [0.5, 0.6) is 0 Å². The van der Waals surface area contributed by atoms with Crippen molar-refractivity contribution in [2.75, 3.05) is 13.2 Å². The fraction of sp³-hybridized carbons (Fsp3) is 0.462. The van der Waals surface area contributed by atoms with Gasteiger partial charge in [-0.25, -0.2) is 0 Å². The van der Waals surface area contributed by atoms with Gasteiger partial charge in [-0.2, -0.15) is 0 Å². The quantitative estimate of drug-likeness (QED) is 0.705. The zero-order valence-corrected chi connectivity index (χ0v) is 11.4. The second-order valence-electron chi connectivity index (χ2n) is 3.72. The average Bonchev–Trinajstić information content (AvgIpc) is 2.30. The molecule has 0 fully saturated rings. The molecule has 0 aromatic heterocycles. The third kappa shape index (κ3) is 5.07. The monoisotopic (exact) mass is 274 g/mol. The summed E-state index contributed by atoms with van der Waals surface area (Å²) in [6.07, 6.45) is 1.54. The summed E-state index contributed by atoms with van der Waals surface area (Å²) < 4.78 is 5.18. The first kappa shape index (κ1) is 14.5. The molecule has 0 atom stereocenters. The van der Waals surface area contributed by atoms with Crippen LogP contribution in [0, 0.1) is 0 Å². The van der Waals surface area contributed by atoms with E-state index in [1.54, 1.807) is 18.2 Å². The van der Waals surface area contributed by atoms with Crippen molar-refractivity contribution >= 4 is 29.0 Å². The Kier molecular flexibility index (Phi) is 6.56. The maximum atomic E-state index is 11.7. The molecule has 0 saturated carbocycles. The van der Waals surface area contributed by atoms with Gasteiger partial charge in [0.1, 0.15) is 5.78 Å². The van der Waals surface area contributed by atoms with Crippen molar-refractivity contribution in [3.05, 3.63) is 33.8 Å². The lowest BCUT2D eigenvalue weighted by Gasteiger charge is -2.06. The van der Waals surface area contributed by atoms with Crippen LogP contribution in [0.15, 0.2) is 18.2 Å². The van der Waals surface area contributed by atoms with Gasteiger partial charge in [0.25, 0.3) is 0 Å². The summed E-state index contributed by atoms with van der Waals surface area (Å²) >= 11 is 12.0. The van der Waals surface area contributed by atoms with Crippen LogP contribution < -0.4 is 0 Å². The zero-order chi connectivity index (χ0) is 12.7. The first-order valence-corrected chi connectivity index (χ1v) is 6.43. The summed E-state index contributed by atoms with van der Waals surface area (Å²) in [5.41, 5.74) is 0.720. The maximum Gasteiger partial charge on any atom is 0.137 e. The number of ether oxygens (including phenoxy) is 1. The molecule has 0 aliphatic rings. The number of ketones is 1. The summed E-state index contributed by atoms with van der Waals surface area (Å²) in [4.78, 5) is 11.7. The highest BCUT2D eigenvalue weighted by atomic mass is 35.5. The van der Waals surface area contributed by atoms with Crippen LogP contribution in [0.1, 0.15) is 25.3 Å². The van der Waals surface area contributed by atoms with Crippen LogP contribution in [0.2, 0.25) is 10.0 Å². The molecule has 0 radical (unpaired) electrons. The Labute approximate surface area is 112 Å². The van der Waals surface area contributed by atoms with Gasteiger partial charge in [0.2, 0.25) is 0 Å². The molecule has 94 valence electrons. The fourth-order valence-corrected chi connectivity index (χ4v) is 2.03. The molecule has 4 heteroatoms. The van der Waals surface area contributed by atoms with E-state index in [1.807, 2.05) is 6.92 Å². The van der Waals surface area contributed by atoms with E-state index in [9.17, 15) is 4.79 Å². The highest BCUT2D eigenvalue weighted by Gasteiger charge is 2.10. The third-order valence-corrected chi connectivity index (χ3v) is 3.09. The number of Topliss-reactive ketones (excluding diaryl/α,β-unsaturated/α-hetero) is 1. The molecule has 0 bridgehead atoms. The Balaban J connectivity index is 2.45. The van der Waals surface area contributed by atoms with Crippen LogP contribution in [-0.2, 0) is 16.0 Å². The van der Waals surface area contributed by atoms with Gasteiger partial charge in [-0.1, -0.05) is 29.3 Å². The number of hydrogen-bond acceptors (Lipinski definition) is 2. The van der Waals surface area contributed by atoms with E-state index in [2.05, 4.69) is 0 Å². The summed E-state index contributed by atoms with van der Waals surface area (Å²) in [6.45, 7) is 3.24. The molecule has 0 aliphatic heterocycles.